The van der Waals surface area contributed by atoms with E-state index in [0.717, 1.165) is 17.2 Å². The molecule has 3 rings (SSSR count). The third-order valence-corrected chi connectivity index (χ3v) is 4.19. The summed E-state index contributed by atoms with van der Waals surface area (Å²) in [5, 5.41) is 3.20. The highest BCUT2D eigenvalue weighted by atomic mass is 19.1. The molecule has 0 spiro atoms. The summed E-state index contributed by atoms with van der Waals surface area (Å²) in [5.74, 6) is 0.519. The van der Waals surface area contributed by atoms with Gasteiger partial charge in [0.15, 0.2) is 0 Å². The van der Waals surface area contributed by atoms with Gasteiger partial charge in [0.05, 0.1) is 11.9 Å². The lowest BCUT2D eigenvalue weighted by Gasteiger charge is -2.10. The van der Waals surface area contributed by atoms with Crippen molar-refractivity contribution in [2.75, 3.05) is 5.32 Å². The number of hydrogen-bond donors (Lipinski definition) is 1. The number of hydrogen-bond acceptors (Lipinski definition) is 2. The highest BCUT2D eigenvalue weighted by Crippen LogP contribution is 2.24. The molecule has 0 saturated heterocycles. The van der Waals surface area contributed by atoms with Crippen LogP contribution in [0.5, 0.6) is 0 Å². The topological polar surface area (TPSA) is 29.9 Å². The van der Waals surface area contributed by atoms with E-state index in [4.69, 9.17) is 0 Å². The van der Waals surface area contributed by atoms with Crippen LogP contribution in [0, 0.1) is 19.7 Å². The molecule has 1 aromatic heterocycles. The Balaban J connectivity index is 1.82. The van der Waals surface area contributed by atoms with Crippen LogP contribution in [0.3, 0.4) is 0 Å². The van der Waals surface area contributed by atoms with Crippen LogP contribution in [0.4, 0.5) is 10.3 Å². The summed E-state index contributed by atoms with van der Waals surface area (Å²) in [6.07, 6.45) is 1.84. The van der Waals surface area contributed by atoms with E-state index in [1.807, 2.05) is 23.9 Å². The minimum atomic E-state index is -0.205. The molecule has 0 radical (unpaired) electrons. The summed E-state index contributed by atoms with van der Waals surface area (Å²) in [7, 11) is 1.96. The first-order valence-corrected chi connectivity index (χ1v) is 7.63. The average molecular weight is 309 g/mol. The Bertz CT molecular complexity index is 836. The first-order valence-electron chi connectivity index (χ1n) is 7.63. The second-order valence-corrected chi connectivity index (χ2v) is 5.77. The van der Waals surface area contributed by atoms with Gasteiger partial charge in [-0.3, -0.25) is 0 Å². The van der Waals surface area contributed by atoms with Gasteiger partial charge >= 0.3 is 0 Å². The zero-order valence-corrected chi connectivity index (χ0v) is 13.6. The van der Waals surface area contributed by atoms with Crippen molar-refractivity contribution in [3.8, 4) is 11.3 Å². The second-order valence-electron chi connectivity index (χ2n) is 5.77. The standard InChI is InChI=1S/C19H20FN3/c1-13-8-9-15(10-14(13)2)18-12-22-19(23(18)3)21-11-16-6-4-5-7-17(16)20/h4-10,12H,11H2,1-3H3,(H,21,22). The predicted molar refractivity (Wildman–Crippen MR) is 91.8 cm³/mol. The SMILES string of the molecule is Cc1ccc(-c2cnc(NCc3ccccc3F)n2C)cc1C. The monoisotopic (exact) mass is 309 g/mol. The lowest BCUT2D eigenvalue weighted by atomic mass is 10.0. The van der Waals surface area contributed by atoms with Crippen LogP contribution < -0.4 is 5.32 Å². The summed E-state index contributed by atoms with van der Waals surface area (Å²) in [5.41, 5.74) is 5.31. The molecule has 4 heteroatoms. The molecule has 0 aliphatic rings. The van der Waals surface area contributed by atoms with Crippen molar-refractivity contribution in [3.05, 3.63) is 71.2 Å². The quantitative estimate of drug-likeness (QED) is 0.771. The summed E-state index contributed by atoms with van der Waals surface area (Å²) < 4.78 is 15.7. The Morgan fingerprint density at radius 3 is 2.61 bits per heavy atom. The maximum absolute atomic E-state index is 13.7. The largest absolute Gasteiger partial charge is 0.351 e. The third-order valence-electron chi connectivity index (χ3n) is 4.19. The Labute approximate surface area is 135 Å². The second kappa shape index (κ2) is 6.24. The lowest BCUT2D eigenvalue weighted by molar-refractivity contribution is 0.612. The molecule has 23 heavy (non-hydrogen) atoms. The van der Waals surface area contributed by atoms with Gasteiger partial charge in [0.2, 0.25) is 5.95 Å². The van der Waals surface area contributed by atoms with Crippen LogP contribution >= 0.6 is 0 Å². The molecule has 1 N–H and O–H groups in total. The molecule has 1 heterocycles. The van der Waals surface area contributed by atoms with Crippen molar-refractivity contribution in [1.29, 1.82) is 0 Å². The molecule has 2 aromatic carbocycles. The molecule has 0 atom stereocenters. The van der Waals surface area contributed by atoms with Crippen molar-refractivity contribution < 1.29 is 4.39 Å². The number of rotatable bonds is 4. The summed E-state index contributed by atoms with van der Waals surface area (Å²) >= 11 is 0. The molecule has 118 valence electrons. The number of nitrogens with zero attached hydrogens (tertiary/aromatic N) is 2. The number of benzene rings is 2. The lowest BCUT2D eigenvalue weighted by Crippen LogP contribution is -2.07. The molecule has 0 aliphatic carbocycles. The zero-order chi connectivity index (χ0) is 16.4. The van der Waals surface area contributed by atoms with Crippen molar-refractivity contribution in [2.45, 2.75) is 20.4 Å². The van der Waals surface area contributed by atoms with Gasteiger partial charge in [-0.25, -0.2) is 9.37 Å². The molecule has 0 bridgehead atoms. The summed E-state index contributed by atoms with van der Waals surface area (Å²) in [4.78, 5) is 4.42. The van der Waals surface area contributed by atoms with Gasteiger partial charge in [-0.1, -0.05) is 30.3 Å². The fourth-order valence-electron chi connectivity index (χ4n) is 2.56. The molecule has 0 fully saturated rings. The smallest absolute Gasteiger partial charge is 0.203 e. The first-order chi connectivity index (χ1) is 11.1. The predicted octanol–water partition coefficient (Wildman–Crippen LogP) is 4.46. The number of aryl methyl sites for hydroxylation is 2. The van der Waals surface area contributed by atoms with Gasteiger partial charge in [-0.15, -0.1) is 0 Å². The molecule has 0 unspecified atom stereocenters. The average Bonchev–Trinajstić information content (AvgIpc) is 2.90. The van der Waals surface area contributed by atoms with Crippen molar-refractivity contribution in [1.82, 2.24) is 9.55 Å². The molecule has 0 aliphatic heterocycles. The van der Waals surface area contributed by atoms with E-state index in [1.54, 1.807) is 12.1 Å². The van der Waals surface area contributed by atoms with Crippen LogP contribution in [-0.4, -0.2) is 9.55 Å². The molecule has 3 nitrogen and oxygen atoms in total. The van der Waals surface area contributed by atoms with Crippen molar-refractivity contribution in [2.24, 2.45) is 7.05 Å². The molecular formula is C19H20FN3. The van der Waals surface area contributed by atoms with Crippen LogP contribution in [0.25, 0.3) is 11.3 Å². The van der Waals surface area contributed by atoms with E-state index in [9.17, 15) is 4.39 Å². The van der Waals surface area contributed by atoms with E-state index in [2.05, 4.69) is 42.3 Å². The maximum atomic E-state index is 13.7. The van der Waals surface area contributed by atoms with E-state index < -0.39 is 0 Å². The number of nitrogens with one attached hydrogen (secondary N) is 1. The van der Waals surface area contributed by atoms with Gasteiger partial charge < -0.3 is 9.88 Å². The summed E-state index contributed by atoms with van der Waals surface area (Å²) in [6, 6.07) is 13.1. The normalized spacial score (nSPS) is 10.8. The van der Waals surface area contributed by atoms with Gasteiger partial charge in [-0.05, 0) is 37.1 Å². The van der Waals surface area contributed by atoms with Gasteiger partial charge in [0.25, 0.3) is 0 Å². The van der Waals surface area contributed by atoms with E-state index in [-0.39, 0.29) is 5.82 Å². The minimum Gasteiger partial charge on any atom is -0.351 e. The highest BCUT2D eigenvalue weighted by Gasteiger charge is 2.10. The van der Waals surface area contributed by atoms with E-state index in [1.165, 1.54) is 17.2 Å². The van der Waals surface area contributed by atoms with Crippen LogP contribution in [0.15, 0.2) is 48.7 Å². The molecule has 3 aromatic rings. The maximum Gasteiger partial charge on any atom is 0.203 e. The number of anilines is 1. The Kier molecular flexibility index (Phi) is 4.15. The minimum absolute atomic E-state index is 0.205. The van der Waals surface area contributed by atoms with E-state index >= 15 is 0 Å². The van der Waals surface area contributed by atoms with Gasteiger partial charge in [-0.2, -0.15) is 0 Å². The fourth-order valence-corrected chi connectivity index (χ4v) is 2.56. The third kappa shape index (κ3) is 3.11. The van der Waals surface area contributed by atoms with Crippen molar-refractivity contribution >= 4 is 5.95 Å². The summed E-state index contributed by atoms with van der Waals surface area (Å²) in [6.45, 7) is 4.61. The van der Waals surface area contributed by atoms with Gasteiger partial charge in [0.1, 0.15) is 5.82 Å². The first kappa shape index (κ1) is 15.3. The van der Waals surface area contributed by atoms with Gasteiger partial charge in [0, 0.05) is 24.7 Å². The molecule has 0 amide bonds. The fraction of sp³-hybridized carbons (Fsp3) is 0.211. The highest BCUT2D eigenvalue weighted by molar-refractivity contribution is 5.63. The molecule has 0 saturated carbocycles. The Hall–Kier alpha value is -2.62. The number of imidazole rings is 1. The molecular weight excluding hydrogens is 289 g/mol. The number of halogens is 1. The van der Waals surface area contributed by atoms with E-state index in [0.29, 0.717) is 12.1 Å². The Morgan fingerprint density at radius 1 is 1.09 bits per heavy atom. The van der Waals surface area contributed by atoms with Crippen LogP contribution in [0.2, 0.25) is 0 Å². The zero-order valence-electron chi connectivity index (χ0n) is 13.6. The van der Waals surface area contributed by atoms with Crippen LogP contribution in [0.1, 0.15) is 16.7 Å². The number of aromatic nitrogens is 2. The van der Waals surface area contributed by atoms with Crippen LogP contribution in [-0.2, 0) is 13.6 Å². The van der Waals surface area contributed by atoms with Crippen molar-refractivity contribution in [3.63, 3.8) is 0 Å². The Morgan fingerprint density at radius 2 is 1.87 bits per heavy atom.